The van der Waals surface area contributed by atoms with Gasteiger partial charge in [-0.05, 0) is 30.2 Å². The average molecular weight is 273 g/mol. The van der Waals surface area contributed by atoms with Gasteiger partial charge in [0.05, 0.1) is 5.02 Å². The Morgan fingerprint density at radius 3 is 2.56 bits per heavy atom. The minimum Gasteiger partial charge on any atom is -0.383 e. The van der Waals surface area contributed by atoms with Crippen molar-refractivity contribution in [3.05, 3.63) is 55.7 Å². The van der Waals surface area contributed by atoms with Crippen LogP contribution >= 0.6 is 34.5 Å². The van der Waals surface area contributed by atoms with Crippen LogP contribution in [0.5, 0.6) is 0 Å². The molecule has 0 saturated carbocycles. The van der Waals surface area contributed by atoms with E-state index in [0.717, 1.165) is 16.0 Å². The predicted octanol–water partition coefficient (Wildman–Crippen LogP) is 4.45. The molecule has 0 saturated heterocycles. The first kappa shape index (κ1) is 11.9. The summed E-state index contributed by atoms with van der Waals surface area (Å²) in [6, 6.07) is 7.33. The fourth-order valence-corrected chi connectivity index (χ4v) is 2.70. The van der Waals surface area contributed by atoms with Crippen molar-refractivity contribution in [2.75, 3.05) is 0 Å². The first-order valence-corrected chi connectivity index (χ1v) is 6.39. The van der Waals surface area contributed by atoms with Gasteiger partial charge in [-0.25, -0.2) is 0 Å². The summed E-state index contributed by atoms with van der Waals surface area (Å²) in [5.41, 5.74) is 1.79. The van der Waals surface area contributed by atoms with Crippen molar-refractivity contribution >= 4 is 34.5 Å². The lowest BCUT2D eigenvalue weighted by atomic mass is 10.1. The number of aliphatic hydroxyl groups excluding tert-OH is 1. The second-order valence-corrected chi connectivity index (χ2v) is 5.36. The molecule has 0 spiro atoms. The molecule has 0 fully saturated rings. The zero-order valence-electron chi connectivity index (χ0n) is 8.58. The molecule has 1 nitrogen and oxygen atoms in total. The number of rotatable bonds is 2. The van der Waals surface area contributed by atoms with Gasteiger partial charge in [-0.3, -0.25) is 0 Å². The van der Waals surface area contributed by atoms with E-state index in [9.17, 15) is 5.11 Å². The first-order valence-electron chi connectivity index (χ1n) is 4.76. The zero-order valence-corrected chi connectivity index (χ0v) is 10.9. The van der Waals surface area contributed by atoms with Gasteiger partial charge in [0.15, 0.2) is 0 Å². The molecular formula is C12H10Cl2OS. The maximum absolute atomic E-state index is 10.1. The Morgan fingerprint density at radius 1 is 1.25 bits per heavy atom. The monoisotopic (exact) mass is 272 g/mol. The minimum atomic E-state index is -0.657. The molecule has 0 aliphatic heterocycles. The van der Waals surface area contributed by atoms with Gasteiger partial charge >= 0.3 is 0 Å². The van der Waals surface area contributed by atoms with Gasteiger partial charge in [-0.15, -0.1) is 11.3 Å². The number of halogens is 2. The highest BCUT2D eigenvalue weighted by atomic mass is 35.5. The van der Waals surface area contributed by atoms with Gasteiger partial charge in [-0.1, -0.05) is 35.3 Å². The summed E-state index contributed by atoms with van der Waals surface area (Å²) < 4.78 is 0. The third-order valence-electron chi connectivity index (χ3n) is 2.37. The molecule has 84 valence electrons. The highest BCUT2D eigenvalue weighted by molar-refractivity contribution is 7.10. The van der Waals surface area contributed by atoms with Crippen molar-refractivity contribution in [3.63, 3.8) is 0 Å². The summed E-state index contributed by atoms with van der Waals surface area (Å²) in [6.07, 6.45) is -0.657. The van der Waals surface area contributed by atoms with Crippen LogP contribution in [0.3, 0.4) is 0 Å². The van der Waals surface area contributed by atoms with E-state index < -0.39 is 6.10 Å². The van der Waals surface area contributed by atoms with Crippen molar-refractivity contribution in [2.45, 2.75) is 13.0 Å². The summed E-state index contributed by atoms with van der Waals surface area (Å²) in [5, 5.41) is 13.2. The molecule has 1 heterocycles. The molecule has 0 amide bonds. The molecule has 0 aliphatic rings. The molecule has 1 atom stereocenters. The summed E-state index contributed by atoms with van der Waals surface area (Å²) in [6.45, 7) is 1.93. The lowest BCUT2D eigenvalue weighted by Gasteiger charge is -2.10. The largest absolute Gasteiger partial charge is 0.383 e. The van der Waals surface area contributed by atoms with E-state index in [2.05, 4.69) is 0 Å². The number of hydrogen-bond acceptors (Lipinski definition) is 2. The zero-order chi connectivity index (χ0) is 11.7. The van der Waals surface area contributed by atoms with Crippen molar-refractivity contribution in [2.24, 2.45) is 0 Å². The van der Waals surface area contributed by atoms with E-state index in [4.69, 9.17) is 23.2 Å². The van der Waals surface area contributed by atoms with Crippen LogP contribution in [0.15, 0.2) is 29.6 Å². The molecule has 2 rings (SSSR count). The molecule has 0 radical (unpaired) electrons. The van der Waals surface area contributed by atoms with E-state index in [-0.39, 0.29) is 0 Å². The van der Waals surface area contributed by atoms with Crippen molar-refractivity contribution in [1.29, 1.82) is 0 Å². The minimum absolute atomic E-state index is 0.650. The predicted molar refractivity (Wildman–Crippen MR) is 69.6 cm³/mol. The highest BCUT2D eigenvalue weighted by Crippen LogP contribution is 2.31. The fraction of sp³-hybridized carbons (Fsp3) is 0.167. The van der Waals surface area contributed by atoms with Gasteiger partial charge in [-0.2, -0.15) is 0 Å². The third kappa shape index (κ3) is 2.41. The molecule has 16 heavy (non-hydrogen) atoms. The Kier molecular flexibility index (Phi) is 3.55. The average Bonchev–Trinajstić information content (AvgIpc) is 2.68. The van der Waals surface area contributed by atoms with Crippen molar-refractivity contribution < 1.29 is 5.11 Å². The van der Waals surface area contributed by atoms with E-state index in [1.165, 1.54) is 11.3 Å². The standard InChI is InChI=1S/C12H10Cl2OS/c1-7-2-3-8(4-10(7)14)12(15)11-5-9(13)6-16-11/h2-6,12,15H,1H3. The Morgan fingerprint density at radius 2 is 2.00 bits per heavy atom. The number of thiophene rings is 1. The van der Waals surface area contributed by atoms with E-state index >= 15 is 0 Å². The molecule has 1 unspecified atom stereocenters. The molecule has 1 aromatic carbocycles. The normalized spacial score (nSPS) is 12.8. The number of aliphatic hydroxyl groups is 1. The number of benzene rings is 1. The topological polar surface area (TPSA) is 20.2 Å². The van der Waals surface area contributed by atoms with Crippen molar-refractivity contribution in [3.8, 4) is 0 Å². The molecule has 0 bridgehead atoms. The Bertz CT molecular complexity index is 507. The summed E-state index contributed by atoms with van der Waals surface area (Å²) in [5.74, 6) is 0. The SMILES string of the molecule is Cc1ccc(C(O)c2cc(Cl)cs2)cc1Cl. The number of aryl methyl sites for hydroxylation is 1. The third-order valence-corrected chi connectivity index (χ3v) is 4.11. The van der Waals surface area contributed by atoms with Crippen LogP contribution in [0.25, 0.3) is 0 Å². The molecule has 0 aliphatic carbocycles. The molecule has 1 N–H and O–H groups in total. The van der Waals surface area contributed by atoms with E-state index in [1.54, 1.807) is 17.5 Å². The Hall–Kier alpha value is -0.540. The van der Waals surface area contributed by atoms with Crippen LogP contribution in [-0.2, 0) is 0 Å². The summed E-state index contributed by atoms with van der Waals surface area (Å²) in [4.78, 5) is 0.824. The van der Waals surface area contributed by atoms with Crippen LogP contribution < -0.4 is 0 Å². The molecule has 2 aromatic rings. The first-order chi connectivity index (χ1) is 7.58. The fourth-order valence-electron chi connectivity index (χ4n) is 1.42. The molecule has 4 heteroatoms. The maximum atomic E-state index is 10.1. The van der Waals surface area contributed by atoms with Crippen LogP contribution in [0, 0.1) is 6.92 Å². The van der Waals surface area contributed by atoms with Gasteiger partial charge in [0.1, 0.15) is 6.10 Å². The number of hydrogen-bond donors (Lipinski definition) is 1. The van der Waals surface area contributed by atoms with Crippen LogP contribution in [0.4, 0.5) is 0 Å². The molecule has 1 aromatic heterocycles. The van der Waals surface area contributed by atoms with E-state index in [0.29, 0.717) is 10.0 Å². The van der Waals surface area contributed by atoms with Crippen molar-refractivity contribution in [1.82, 2.24) is 0 Å². The van der Waals surface area contributed by atoms with Crippen LogP contribution in [-0.4, -0.2) is 5.11 Å². The lowest BCUT2D eigenvalue weighted by molar-refractivity contribution is 0.224. The van der Waals surface area contributed by atoms with Gasteiger partial charge in [0.2, 0.25) is 0 Å². The molecular weight excluding hydrogens is 263 g/mol. The van der Waals surface area contributed by atoms with Gasteiger partial charge in [0.25, 0.3) is 0 Å². The maximum Gasteiger partial charge on any atom is 0.113 e. The van der Waals surface area contributed by atoms with Gasteiger partial charge in [0, 0.05) is 15.3 Å². The summed E-state index contributed by atoms with van der Waals surface area (Å²) >= 11 is 13.3. The van der Waals surface area contributed by atoms with Crippen LogP contribution in [0.2, 0.25) is 10.0 Å². The second kappa shape index (κ2) is 4.76. The van der Waals surface area contributed by atoms with Gasteiger partial charge < -0.3 is 5.11 Å². The lowest BCUT2D eigenvalue weighted by Crippen LogP contribution is -1.97. The summed E-state index contributed by atoms with van der Waals surface area (Å²) in [7, 11) is 0. The smallest absolute Gasteiger partial charge is 0.113 e. The van der Waals surface area contributed by atoms with E-state index in [1.807, 2.05) is 19.1 Å². The Labute approximate surface area is 108 Å². The second-order valence-electron chi connectivity index (χ2n) is 3.58. The quantitative estimate of drug-likeness (QED) is 0.857. The van der Waals surface area contributed by atoms with Crippen LogP contribution in [0.1, 0.15) is 22.1 Å². The highest BCUT2D eigenvalue weighted by Gasteiger charge is 2.13. The Balaban J connectivity index is 2.33.